The molecule has 0 saturated carbocycles. The first kappa shape index (κ1) is 63.4. The number of unbranched alkanes of at least 4 members (excludes halogenated alkanes) is 37. The Kier molecular flexibility index (Phi) is 50.5. The lowest BCUT2D eigenvalue weighted by Crippen LogP contribution is -2.30. The third-order valence-corrected chi connectivity index (χ3v) is 13.8. The fraction of sp³-hybridized carbons (Fsp3) is 0.949. The highest BCUT2D eigenvalue weighted by Crippen LogP contribution is 2.19. The molecule has 0 saturated heterocycles. The van der Waals surface area contributed by atoms with Gasteiger partial charge in [0.2, 0.25) is 0 Å². The lowest BCUT2D eigenvalue weighted by molar-refractivity contribution is -0.167. The molecule has 0 aliphatic heterocycles. The molecule has 0 amide bonds. The van der Waals surface area contributed by atoms with Crippen molar-refractivity contribution in [2.75, 3.05) is 13.2 Å². The largest absolute Gasteiger partial charge is 0.462 e. The summed E-state index contributed by atoms with van der Waals surface area (Å²) in [5.41, 5.74) is 0. The monoisotopic (exact) mass is 919 g/mol. The zero-order chi connectivity index (χ0) is 47.5. The average molecular weight is 920 g/mol. The molecule has 1 unspecified atom stereocenters. The lowest BCUT2D eigenvalue weighted by Gasteiger charge is -2.18. The van der Waals surface area contributed by atoms with E-state index in [-0.39, 0.29) is 31.1 Å². The minimum atomic E-state index is -0.763. The van der Waals surface area contributed by atoms with Gasteiger partial charge in [-0.25, -0.2) is 0 Å². The second-order valence-corrected chi connectivity index (χ2v) is 21.0. The fourth-order valence-corrected chi connectivity index (χ4v) is 9.02. The van der Waals surface area contributed by atoms with Crippen LogP contribution in [-0.2, 0) is 28.6 Å². The zero-order valence-electron chi connectivity index (χ0n) is 44.6. The molecule has 0 bridgehead atoms. The Morgan fingerprint density at radius 3 is 0.877 bits per heavy atom. The zero-order valence-corrected chi connectivity index (χ0v) is 44.6. The van der Waals surface area contributed by atoms with Crippen LogP contribution in [0.15, 0.2) is 0 Å². The van der Waals surface area contributed by atoms with Crippen molar-refractivity contribution in [2.45, 2.75) is 336 Å². The van der Waals surface area contributed by atoms with Crippen molar-refractivity contribution in [1.82, 2.24) is 0 Å². The molecular formula is C59H114O6. The Balaban J connectivity index is 4.30. The molecule has 6 nitrogen and oxygen atoms in total. The van der Waals surface area contributed by atoms with Crippen molar-refractivity contribution in [3.63, 3.8) is 0 Å². The van der Waals surface area contributed by atoms with E-state index in [2.05, 4.69) is 34.6 Å². The summed E-state index contributed by atoms with van der Waals surface area (Å²) >= 11 is 0. The summed E-state index contributed by atoms with van der Waals surface area (Å²) in [5, 5.41) is 0. The highest BCUT2D eigenvalue weighted by molar-refractivity contribution is 5.71. The van der Waals surface area contributed by atoms with Crippen LogP contribution < -0.4 is 0 Å². The minimum Gasteiger partial charge on any atom is -0.462 e. The summed E-state index contributed by atoms with van der Waals surface area (Å²) in [6, 6.07) is 0. The molecule has 0 rings (SSSR count). The Bertz CT molecular complexity index is 995. The molecule has 0 aromatic heterocycles. The number of ether oxygens (including phenoxy) is 3. The molecule has 0 heterocycles. The van der Waals surface area contributed by atoms with E-state index < -0.39 is 6.10 Å². The summed E-state index contributed by atoms with van der Waals surface area (Å²) in [6.45, 7) is 11.4. The summed E-state index contributed by atoms with van der Waals surface area (Å²) < 4.78 is 16.9. The van der Waals surface area contributed by atoms with Gasteiger partial charge in [0.1, 0.15) is 13.2 Å². The Labute approximate surface area is 406 Å². The molecule has 0 aromatic rings. The Morgan fingerprint density at radius 2 is 0.585 bits per heavy atom. The van der Waals surface area contributed by atoms with Crippen LogP contribution in [0.5, 0.6) is 0 Å². The number of hydrogen-bond acceptors (Lipinski definition) is 6. The molecule has 386 valence electrons. The third kappa shape index (κ3) is 51.6. The molecule has 0 spiro atoms. The van der Waals surface area contributed by atoms with Crippen LogP contribution in [0.1, 0.15) is 330 Å². The standard InChI is InChI=1S/C59H114O6/c1-6-8-9-10-11-12-13-14-15-16-20-23-29-34-39-44-49-57(60)63-52-56(53-64-58(61)50-45-40-35-30-26-25-27-32-37-42-47-54(3)4)65-59(62)51-46-41-36-31-24-21-18-17-19-22-28-33-38-43-48-55(5)7-2/h54-56H,6-53H2,1-5H3/t55?,56-/m0/s1. The van der Waals surface area contributed by atoms with Gasteiger partial charge in [-0.05, 0) is 31.1 Å². The maximum Gasteiger partial charge on any atom is 0.306 e. The van der Waals surface area contributed by atoms with Crippen LogP contribution in [0, 0.1) is 11.8 Å². The van der Waals surface area contributed by atoms with Crippen molar-refractivity contribution < 1.29 is 28.6 Å². The van der Waals surface area contributed by atoms with E-state index in [1.807, 2.05) is 0 Å². The van der Waals surface area contributed by atoms with E-state index >= 15 is 0 Å². The molecule has 0 N–H and O–H groups in total. The summed E-state index contributed by atoms with van der Waals surface area (Å²) in [5.74, 6) is 0.874. The maximum atomic E-state index is 12.9. The highest BCUT2D eigenvalue weighted by atomic mass is 16.6. The molecule has 0 aromatic carbocycles. The van der Waals surface area contributed by atoms with Gasteiger partial charge in [0.15, 0.2) is 6.10 Å². The number of rotatable bonds is 53. The van der Waals surface area contributed by atoms with E-state index in [0.717, 1.165) is 69.6 Å². The van der Waals surface area contributed by atoms with Crippen molar-refractivity contribution >= 4 is 17.9 Å². The van der Waals surface area contributed by atoms with Gasteiger partial charge < -0.3 is 14.2 Å². The lowest BCUT2D eigenvalue weighted by atomic mass is 9.99. The molecule has 0 fully saturated rings. The third-order valence-electron chi connectivity index (χ3n) is 13.8. The van der Waals surface area contributed by atoms with Crippen LogP contribution in [0.2, 0.25) is 0 Å². The molecule has 0 radical (unpaired) electrons. The van der Waals surface area contributed by atoms with E-state index in [1.54, 1.807) is 0 Å². The van der Waals surface area contributed by atoms with Gasteiger partial charge in [-0.15, -0.1) is 0 Å². The summed E-state index contributed by atoms with van der Waals surface area (Å²) in [6.07, 6.45) is 55.1. The second-order valence-electron chi connectivity index (χ2n) is 21.0. The number of carbonyl (C=O) groups is 3. The van der Waals surface area contributed by atoms with Gasteiger partial charge in [-0.2, -0.15) is 0 Å². The molecule has 0 aliphatic rings. The normalized spacial score (nSPS) is 12.5. The van der Waals surface area contributed by atoms with Crippen LogP contribution in [0.4, 0.5) is 0 Å². The average Bonchev–Trinajstić information content (AvgIpc) is 3.29. The quantitative estimate of drug-likeness (QED) is 0.0344. The van der Waals surface area contributed by atoms with E-state index in [4.69, 9.17) is 14.2 Å². The SMILES string of the molecule is CCCCCCCCCCCCCCCCCCC(=O)OC[C@@H](COC(=O)CCCCCCCCCCCCC(C)C)OC(=O)CCCCCCCCCCCCCCCCC(C)CC. The first-order chi connectivity index (χ1) is 31.8. The predicted octanol–water partition coefficient (Wildman–Crippen LogP) is 19.3. The van der Waals surface area contributed by atoms with E-state index in [9.17, 15) is 14.4 Å². The van der Waals surface area contributed by atoms with Crippen LogP contribution in [0.3, 0.4) is 0 Å². The van der Waals surface area contributed by atoms with Crippen LogP contribution in [-0.4, -0.2) is 37.2 Å². The first-order valence-corrected chi connectivity index (χ1v) is 29.3. The molecular weight excluding hydrogens is 805 g/mol. The van der Waals surface area contributed by atoms with Gasteiger partial charge in [0, 0.05) is 19.3 Å². The maximum absolute atomic E-state index is 12.9. The highest BCUT2D eigenvalue weighted by Gasteiger charge is 2.19. The minimum absolute atomic E-state index is 0.0627. The molecule has 0 aliphatic carbocycles. The van der Waals surface area contributed by atoms with Crippen molar-refractivity contribution in [2.24, 2.45) is 11.8 Å². The van der Waals surface area contributed by atoms with Gasteiger partial charge in [-0.3, -0.25) is 14.4 Å². The summed E-state index contributed by atoms with van der Waals surface area (Å²) in [7, 11) is 0. The topological polar surface area (TPSA) is 78.9 Å². The van der Waals surface area contributed by atoms with Crippen molar-refractivity contribution in [1.29, 1.82) is 0 Å². The first-order valence-electron chi connectivity index (χ1n) is 29.3. The van der Waals surface area contributed by atoms with Crippen LogP contribution in [0.25, 0.3) is 0 Å². The predicted molar refractivity (Wildman–Crippen MR) is 280 cm³/mol. The van der Waals surface area contributed by atoms with Crippen LogP contribution >= 0.6 is 0 Å². The van der Waals surface area contributed by atoms with Gasteiger partial charge >= 0.3 is 17.9 Å². The summed E-state index contributed by atoms with van der Waals surface area (Å²) in [4.78, 5) is 38.1. The van der Waals surface area contributed by atoms with Gasteiger partial charge in [-0.1, -0.05) is 291 Å². The van der Waals surface area contributed by atoms with Crippen molar-refractivity contribution in [3.05, 3.63) is 0 Å². The van der Waals surface area contributed by atoms with Gasteiger partial charge in [0.25, 0.3) is 0 Å². The van der Waals surface area contributed by atoms with E-state index in [1.165, 1.54) is 218 Å². The number of esters is 3. The van der Waals surface area contributed by atoms with E-state index in [0.29, 0.717) is 19.3 Å². The fourth-order valence-electron chi connectivity index (χ4n) is 9.02. The molecule has 2 atom stereocenters. The second kappa shape index (κ2) is 51.8. The van der Waals surface area contributed by atoms with Crippen molar-refractivity contribution in [3.8, 4) is 0 Å². The molecule has 65 heavy (non-hydrogen) atoms. The molecule has 6 heteroatoms. The number of hydrogen-bond donors (Lipinski definition) is 0. The smallest absolute Gasteiger partial charge is 0.306 e. The number of carbonyl (C=O) groups excluding carboxylic acids is 3. The van der Waals surface area contributed by atoms with Gasteiger partial charge in [0.05, 0.1) is 0 Å². The Hall–Kier alpha value is -1.59. The Morgan fingerprint density at radius 1 is 0.323 bits per heavy atom.